The van der Waals surface area contributed by atoms with E-state index in [0.717, 1.165) is 34.9 Å². The Morgan fingerprint density at radius 1 is 1.25 bits per heavy atom. The minimum Gasteiger partial charge on any atom is -0.409 e. The number of hydrogen-bond acceptors (Lipinski definition) is 4. The molecular formula is C15H15N3OS. The summed E-state index contributed by atoms with van der Waals surface area (Å²) in [6.45, 7) is 0. The maximum Gasteiger partial charge on any atom is 0.172 e. The summed E-state index contributed by atoms with van der Waals surface area (Å²) in [6.07, 6.45) is 3.15. The van der Waals surface area contributed by atoms with Crippen molar-refractivity contribution >= 4 is 17.6 Å². The number of amidine groups is 1. The molecule has 0 saturated carbocycles. The van der Waals surface area contributed by atoms with Crippen LogP contribution >= 0.6 is 11.8 Å². The van der Waals surface area contributed by atoms with Crippen molar-refractivity contribution in [3.05, 3.63) is 53.2 Å². The van der Waals surface area contributed by atoms with E-state index in [1.807, 2.05) is 36.4 Å². The first-order valence-electron chi connectivity index (χ1n) is 6.51. The number of aromatic nitrogens is 1. The Kier molecular flexibility index (Phi) is 3.60. The maximum absolute atomic E-state index is 8.95. The van der Waals surface area contributed by atoms with Crippen LogP contribution in [0.4, 0.5) is 0 Å². The molecule has 0 radical (unpaired) electrons. The first kappa shape index (κ1) is 13.0. The van der Waals surface area contributed by atoms with E-state index in [1.54, 1.807) is 11.8 Å². The lowest BCUT2D eigenvalue weighted by molar-refractivity contribution is 0.318. The van der Waals surface area contributed by atoms with Crippen LogP contribution in [0.3, 0.4) is 0 Å². The van der Waals surface area contributed by atoms with Crippen molar-refractivity contribution in [2.24, 2.45) is 10.9 Å². The minimum atomic E-state index is 0.116. The first-order valence-corrected chi connectivity index (χ1v) is 7.33. The largest absolute Gasteiger partial charge is 0.409 e. The number of pyridine rings is 1. The predicted octanol–water partition coefficient (Wildman–Crippen LogP) is 2.82. The second-order valence-corrected chi connectivity index (χ2v) is 5.76. The molecule has 3 rings (SSSR count). The van der Waals surface area contributed by atoms with Gasteiger partial charge < -0.3 is 10.9 Å². The summed E-state index contributed by atoms with van der Waals surface area (Å²) in [5.74, 6) is 0.116. The third kappa shape index (κ3) is 2.49. The molecule has 0 saturated heterocycles. The molecule has 102 valence electrons. The average molecular weight is 285 g/mol. The predicted molar refractivity (Wildman–Crippen MR) is 79.3 cm³/mol. The second-order valence-electron chi connectivity index (χ2n) is 4.70. The number of oxime groups is 1. The monoisotopic (exact) mass is 285 g/mol. The Morgan fingerprint density at radius 3 is 2.80 bits per heavy atom. The van der Waals surface area contributed by atoms with Crippen LogP contribution in [0.15, 0.2) is 51.5 Å². The molecule has 0 aliphatic heterocycles. The van der Waals surface area contributed by atoms with Gasteiger partial charge in [-0.2, -0.15) is 0 Å². The van der Waals surface area contributed by atoms with Gasteiger partial charge in [-0.05, 0) is 43.0 Å². The first-order chi connectivity index (χ1) is 9.78. The Balaban J connectivity index is 2.04. The van der Waals surface area contributed by atoms with Crippen LogP contribution < -0.4 is 5.73 Å². The fraction of sp³-hybridized carbons (Fsp3) is 0.200. The van der Waals surface area contributed by atoms with Gasteiger partial charge in [0.05, 0.1) is 5.56 Å². The van der Waals surface area contributed by atoms with Crippen molar-refractivity contribution in [1.29, 1.82) is 0 Å². The molecule has 0 amide bonds. The van der Waals surface area contributed by atoms with Crippen LogP contribution in [0.5, 0.6) is 0 Å². The Hall–Kier alpha value is -2.01. The van der Waals surface area contributed by atoms with E-state index in [4.69, 9.17) is 15.9 Å². The fourth-order valence-corrected chi connectivity index (χ4v) is 3.31. The van der Waals surface area contributed by atoms with Gasteiger partial charge in [-0.1, -0.05) is 35.1 Å². The molecule has 20 heavy (non-hydrogen) atoms. The number of benzene rings is 1. The van der Waals surface area contributed by atoms with Crippen LogP contribution in [-0.4, -0.2) is 16.0 Å². The average Bonchev–Trinajstić information content (AvgIpc) is 2.94. The molecule has 0 fully saturated rings. The van der Waals surface area contributed by atoms with E-state index < -0.39 is 0 Å². The van der Waals surface area contributed by atoms with Crippen molar-refractivity contribution in [2.45, 2.75) is 29.2 Å². The van der Waals surface area contributed by atoms with E-state index in [1.165, 1.54) is 5.56 Å². The van der Waals surface area contributed by atoms with Gasteiger partial charge in [0.15, 0.2) is 5.84 Å². The molecule has 1 aliphatic carbocycles. The number of nitrogens with zero attached hydrogens (tertiary/aromatic N) is 2. The van der Waals surface area contributed by atoms with Crippen LogP contribution in [0, 0.1) is 0 Å². The summed E-state index contributed by atoms with van der Waals surface area (Å²) in [5, 5.41) is 12.9. The van der Waals surface area contributed by atoms with Crippen molar-refractivity contribution in [1.82, 2.24) is 4.98 Å². The molecule has 1 aromatic heterocycles. The summed E-state index contributed by atoms with van der Waals surface area (Å²) < 4.78 is 0. The Bertz CT molecular complexity index is 656. The van der Waals surface area contributed by atoms with Gasteiger partial charge in [-0.15, -0.1) is 0 Å². The van der Waals surface area contributed by atoms with Gasteiger partial charge in [0, 0.05) is 10.6 Å². The topological polar surface area (TPSA) is 71.5 Å². The normalized spacial score (nSPS) is 14.3. The second kappa shape index (κ2) is 5.54. The number of fused-ring (bicyclic) bond motifs is 1. The summed E-state index contributed by atoms with van der Waals surface area (Å²) in [5.41, 5.74) is 8.85. The molecule has 1 heterocycles. The van der Waals surface area contributed by atoms with Gasteiger partial charge in [0.25, 0.3) is 0 Å². The molecule has 0 unspecified atom stereocenters. The van der Waals surface area contributed by atoms with E-state index in [2.05, 4.69) is 5.16 Å². The third-order valence-corrected chi connectivity index (χ3v) is 4.37. The van der Waals surface area contributed by atoms with Crippen LogP contribution in [-0.2, 0) is 12.8 Å². The quantitative estimate of drug-likeness (QED) is 0.394. The highest BCUT2D eigenvalue weighted by Gasteiger charge is 2.19. The van der Waals surface area contributed by atoms with Crippen LogP contribution in [0.1, 0.15) is 23.2 Å². The summed E-state index contributed by atoms with van der Waals surface area (Å²) in [6, 6.07) is 12.0. The summed E-state index contributed by atoms with van der Waals surface area (Å²) in [4.78, 5) is 5.80. The lowest BCUT2D eigenvalue weighted by Crippen LogP contribution is -2.16. The maximum atomic E-state index is 8.95. The van der Waals surface area contributed by atoms with E-state index in [0.29, 0.717) is 5.56 Å². The van der Waals surface area contributed by atoms with Crippen molar-refractivity contribution in [2.75, 3.05) is 0 Å². The molecule has 0 atom stereocenters. The third-order valence-electron chi connectivity index (χ3n) is 3.36. The molecule has 1 aromatic carbocycles. The molecule has 0 spiro atoms. The SMILES string of the molecule is NC(=NO)c1cc2c(nc1Sc1ccccc1)CCC2. The van der Waals surface area contributed by atoms with E-state index in [9.17, 15) is 0 Å². The Labute approximate surface area is 121 Å². The minimum absolute atomic E-state index is 0.116. The lowest BCUT2D eigenvalue weighted by Gasteiger charge is -2.10. The molecule has 1 aliphatic rings. The highest BCUT2D eigenvalue weighted by Crippen LogP contribution is 2.32. The van der Waals surface area contributed by atoms with Crippen LogP contribution in [0.2, 0.25) is 0 Å². The standard InChI is InChI=1S/C15H15N3OS/c16-14(18-19)12-9-10-5-4-8-13(10)17-15(12)20-11-6-2-1-3-7-11/h1-3,6-7,9,19H,4-5,8H2,(H2,16,18). The van der Waals surface area contributed by atoms with E-state index >= 15 is 0 Å². The molecule has 2 aromatic rings. The number of nitrogens with two attached hydrogens (primary N) is 1. The van der Waals surface area contributed by atoms with Gasteiger partial charge in [-0.3, -0.25) is 0 Å². The van der Waals surface area contributed by atoms with E-state index in [-0.39, 0.29) is 5.84 Å². The van der Waals surface area contributed by atoms with Crippen molar-refractivity contribution < 1.29 is 5.21 Å². The summed E-state index contributed by atoms with van der Waals surface area (Å²) >= 11 is 1.54. The molecule has 5 heteroatoms. The number of hydrogen-bond donors (Lipinski definition) is 2. The zero-order valence-electron chi connectivity index (χ0n) is 10.9. The van der Waals surface area contributed by atoms with Crippen molar-refractivity contribution in [3.63, 3.8) is 0 Å². The number of rotatable bonds is 3. The zero-order chi connectivity index (χ0) is 13.9. The molecule has 4 nitrogen and oxygen atoms in total. The molecule has 0 bridgehead atoms. The summed E-state index contributed by atoms with van der Waals surface area (Å²) in [7, 11) is 0. The Morgan fingerprint density at radius 2 is 2.05 bits per heavy atom. The molecular weight excluding hydrogens is 270 g/mol. The molecule has 3 N–H and O–H groups in total. The highest BCUT2D eigenvalue weighted by atomic mass is 32.2. The van der Waals surface area contributed by atoms with Crippen LogP contribution in [0.25, 0.3) is 0 Å². The lowest BCUT2D eigenvalue weighted by atomic mass is 10.1. The smallest absolute Gasteiger partial charge is 0.172 e. The van der Waals surface area contributed by atoms with Gasteiger partial charge in [-0.25, -0.2) is 4.98 Å². The number of aryl methyl sites for hydroxylation is 2. The van der Waals surface area contributed by atoms with Gasteiger partial charge in [0.2, 0.25) is 0 Å². The van der Waals surface area contributed by atoms with Gasteiger partial charge in [0.1, 0.15) is 5.03 Å². The zero-order valence-corrected chi connectivity index (χ0v) is 11.7. The highest BCUT2D eigenvalue weighted by molar-refractivity contribution is 7.99. The van der Waals surface area contributed by atoms with Crippen molar-refractivity contribution in [3.8, 4) is 0 Å². The fourth-order valence-electron chi connectivity index (χ4n) is 2.37. The van der Waals surface area contributed by atoms with Gasteiger partial charge >= 0.3 is 0 Å².